The van der Waals surface area contributed by atoms with Crippen molar-refractivity contribution in [3.63, 3.8) is 0 Å². The zero-order valence-corrected chi connectivity index (χ0v) is 26.0. The van der Waals surface area contributed by atoms with E-state index in [4.69, 9.17) is 19.2 Å². The number of nitrogens with zero attached hydrogens (tertiary/aromatic N) is 5. The van der Waals surface area contributed by atoms with Crippen molar-refractivity contribution in [3.8, 4) is 33.6 Å². The summed E-state index contributed by atoms with van der Waals surface area (Å²) in [5.74, 6) is 1.81. The maximum atomic E-state index is 13.8. The highest BCUT2D eigenvalue weighted by atomic mass is 32.1. The van der Waals surface area contributed by atoms with Crippen LogP contribution in [0, 0.1) is 0 Å². The number of thiazole rings is 1. The highest BCUT2D eigenvalue weighted by Gasteiger charge is 2.33. The minimum atomic E-state index is -0.255. The number of carbonyl (C=O) groups excluding carboxylic acids is 2. The topological polar surface area (TPSA) is 111 Å². The summed E-state index contributed by atoms with van der Waals surface area (Å²) in [6.45, 7) is 7.20. The van der Waals surface area contributed by atoms with Crippen molar-refractivity contribution in [2.75, 3.05) is 46.3 Å². The Kier molecular flexibility index (Phi) is 8.86. The molecule has 2 aromatic carbocycles. The molecule has 0 aliphatic carbocycles. The maximum absolute atomic E-state index is 13.8. The molecule has 0 radical (unpaired) electrons. The van der Waals surface area contributed by atoms with E-state index in [-0.39, 0.29) is 23.9 Å². The molecule has 11 nitrogen and oxygen atoms in total. The molecule has 1 aliphatic heterocycles. The number of anilines is 1. The number of hydrogen-bond acceptors (Lipinski definition) is 8. The Morgan fingerprint density at radius 1 is 1.02 bits per heavy atom. The fourth-order valence-corrected chi connectivity index (χ4v) is 6.01. The van der Waals surface area contributed by atoms with Gasteiger partial charge in [0.1, 0.15) is 17.2 Å². The molecule has 5 rings (SSSR count). The highest BCUT2D eigenvalue weighted by molar-refractivity contribution is 7.12. The Balaban J connectivity index is 1.30. The van der Waals surface area contributed by atoms with Crippen LogP contribution in [-0.2, 0) is 0 Å². The second-order valence-corrected chi connectivity index (χ2v) is 11.4. The molecule has 0 bridgehead atoms. The molecular formula is C31H36N6O5S. The first-order valence-electron chi connectivity index (χ1n) is 14.0. The number of hydrogen-bond donors (Lipinski definition) is 1. The molecule has 1 unspecified atom stereocenters. The van der Waals surface area contributed by atoms with E-state index in [9.17, 15) is 9.59 Å². The van der Waals surface area contributed by atoms with Crippen molar-refractivity contribution in [2.24, 2.45) is 0 Å². The lowest BCUT2D eigenvalue weighted by atomic mass is 10.0. The molecule has 1 atom stereocenters. The molecule has 226 valence electrons. The van der Waals surface area contributed by atoms with E-state index in [1.807, 2.05) is 50.4 Å². The molecule has 1 N–H and O–H groups in total. The number of nitrogens with one attached hydrogen (secondary N) is 1. The van der Waals surface area contributed by atoms with Crippen LogP contribution in [-0.4, -0.2) is 83.5 Å². The van der Waals surface area contributed by atoms with Gasteiger partial charge < -0.3 is 29.3 Å². The zero-order chi connectivity index (χ0) is 30.7. The van der Waals surface area contributed by atoms with Gasteiger partial charge in [-0.1, -0.05) is 26.0 Å². The first-order chi connectivity index (χ1) is 20.7. The number of urea groups is 1. The molecular weight excluding hydrogens is 568 g/mol. The number of methoxy groups -OCH3 is 3. The van der Waals surface area contributed by atoms with Gasteiger partial charge in [0.05, 0.1) is 50.2 Å². The third-order valence-electron chi connectivity index (χ3n) is 7.45. The summed E-state index contributed by atoms with van der Waals surface area (Å²) in [6.07, 6.45) is 1.63. The molecule has 4 aromatic rings. The third-order valence-corrected chi connectivity index (χ3v) is 8.26. The molecule has 0 saturated carbocycles. The van der Waals surface area contributed by atoms with Crippen molar-refractivity contribution >= 4 is 29.0 Å². The van der Waals surface area contributed by atoms with Gasteiger partial charge in [0.25, 0.3) is 5.91 Å². The van der Waals surface area contributed by atoms with Crippen LogP contribution in [0.3, 0.4) is 0 Å². The van der Waals surface area contributed by atoms with Crippen molar-refractivity contribution in [3.05, 3.63) is 65.3 Å². The van der Waals surface area contributed by atoms with Crippen LogP contribution in [0.2, 0.25) is 0 Å². The second kappa shape index (κ2) is 12.7. The minimum absolute atomic E-state index is 0.0228. The Bertz CT molecular complexity index is 1620. The van der Waals surface area contributed by atoms with Gasteiger partial charge in [-0.05, 0) is 37.1 Å². The smallest absolute Gasteiger partial charge is 0.322 e. The Labute approximate surface area is 255 Å². The van der Waals surface area contributed by atoms with Gasteiger partial charge in [-0.25, -0.2) is 14.5 Å². The molecule has 1 fully saturated rings. The number of piperazine rings is 1. The predicted molar refractivity (Wildman–Crippen MR) is 166 cm³/mol. The lowest BCUT2D eigenvalue weighted by Crippen LogP contribution is -2.56. The van der Waals surface area contributed by atoms with E-state index in [1.54, 1.807) is 60.2 Å². The average Bonchev–Trinajstić information content (AvgIpc) is 3.69. The zero-order valence-electron chi connectivity index (χ0n) is 25.2. The molecule has 12 heteroatoms. The van der Waals surface area contributed by atoms with Crippen LogP contribution in [0.15, 0.2) is 54.0 Å². The highest BCUT2D eigenvalue weighted by Crippen LogP contribution is 2.32. The number of aromatic nitrogens is 3. The van der Waals surface area contributed by atoms with Crippen LogP contribution < -0.4 is 19.5 Å². The van der Waals surface area contributed by atoms with Crippen LogP contribution in [0.5, 0.6) is 17.2 Å². The Morgan fingerprint density at radius 3 is 2.49 bits per heavy atom. The van der Waals surface area contributed by atoms with Gasteiger partial charge in [-0.15, -0.1) is 11.3 Å². The summed E-state index contributed by atoms with van der Waals surface area (Å²) >= 11 is 1.47. The van der Waals surface area contributed by atoms with E-state index in [1.165, 1.54) is 11.3 Å². The fraction of sp³-hybridized carbons (Fsp3) is 0.355. The van der Waals surface area contributed by atoms with Gasteiger partial charge in [-0.3, -0.25) is 4.79 Å². The molecule has 0 spiro atoms. The van der Waals surface area contributed by atoms with E-state index in [2.05, 4.69) is 10.4 Å². The van der Waals surface area contributed by atoms with Crippen molar-refractivity contribution in [2.45, 2.75) is 32.7 Å². The molecule has 43 heavy (non-hydrogen) atoms. The lowest BCUT2D eigenvalue weighted by Gasteiger charge is -2.39. The summed E-state index contributed by atoms with van der Waals surface area (Å²) < 4.78 is 17.8. The lowest BCUT2D eigenvalue weighted by molar-refractivity contribution is 0.0590. The Hall–Kier alpha value is -4.58. The van der Waals surface area contributed by atoms with E-state index in [0.717, 1.165) is 22.7 Å². The van der Waals surface area contributed by atoms with E-state index < -0.39 is 0 Å². The summed E-state index contributed by atoms with van der Waals surface area (Å²) in [7, 11) is 4.75. The van der Waals surface area contributed by atoms with Crippen molar-refractivity contribution < 1.29 is 23.8 Å². The van der Waals surface area contributed by atoms with Gasteiger partial charge in [-0.2, -0.15) is 5.10 Å². The van der Waals surface area contributed by atoms with Gasteiger partial charge in [0.2, 0.25) is 5.13 Å². The normalized spacial score (nSPS) is 15.0. The van der Waals surface area contributed by atoms with Gasteiger partial charge in [0, 0.05) is 42.7 Å². The van der Waals surface area contributed by atoms with Crippen LogP contribution in [0.1, 0.15) is 42.7 Å². The molecule has 1 aliphatic rings. The number of rotatable bonds is 8. The van der Waals surface area contributed by atoms with E-state index >= 15 is 0 Å². The fourth-order valence-electron chi connectivity index (χ4n) is 5.21. The summed E-state index contributed by atoms with van der Waals surface area (Å²) in [5, 5.41) is 10.2. The predicted octanol–water partition coefficient (Wildman–Crippen LogP) is 5.52. The van der Waals surface area contributed by atoms with Crippen molar-refractivity contribution in [1.82, 2.24) is 24.6 Å². The molecule has 3 amide bonds. The van der Waals surface area contributed by atoms with Crippen molar-refractivity contribution in [1.29, 1.82) is 0 Å². The SMILES string of the molecule is COc1cccc(-c2csc(-n3ncc(C(=O)N4CCN(C(=O)Nc5ccc(OC)cc5OC)C(C)C4)c3C(C)C)n2)c1. The number of ether oxygens (including phenoxy) is 3. The number of benzene rings is 2. The Morgan fingerprint density at radius 2 is 1.79 bits per heavy atom. The summed E-state index contributed by atoms with van der Waals surface area (Å²) in [6, 6.07) is 12.5. The third kappa shape index (κ3) is 6.14. The standard InChI is InChI=1S/C31H36N6O5S/c1-19(2)28-24(16-32-37(28)31-34-26(18-43-31)21-8-7-9-22(14-21)40-4)29(38)35-12-13-36(20(3)17-35)30(39)33-25-11-10-23(41-5)15-27(25)42-6/h7-11,14-16,18-20H,12-13,17H2,1-6H3,(H,33,39). The van der Waals surface area contributed by atoms with Crippen LogP contribution in [0.4, 0.5) is 10.5 Å². The molecule has 2 aromatic heterocycles. The largest absolute Gasteiger partial charge is 0.497 e. The van der Waals surface area contributed by atoms with Crippen LogP contribution in [0.25, 0.3) is 16.4 Å². The second-order valence-electron chi connectivity index (χ2n) is 10.5. The number of amides is 3. The van der Waals surface area contributed by atoms with Gasteiger partial charge >= 0.3 is 6.03 Å². The first kappa shape index (κ1) is 29.9. The van der Waals surface area contributed by atoms with E-state index in [0.29, 0.717) is 47.5 Å². The van der Waals surface area contributed by atoms with Crippen LogP contribution >= 0.6 is 11.3 Å². The molecule has 1 saturated heterocycles. The molecule has 3 heterocycles. The monoisotopic (exact) mass is 604 g/mol. The number of carbonyl (C=O) groups is 2. The maximum Gasteiger partial charge on any atom is 0.322 e. The first-order valence-corrected chi connectivity index (χ1v) is 14.9. The summed E-state index contributed by atoms with van der Waals surface area (Å²) in [5.41, 5.74) is 3.65. The summed E-state index contributed by atoms with van der Waals surface area (Å²) in [4.78, 5) is 35.4. The average molecular weight is 605 g/mol. The minimum Gasteiger partial charge on any atom is -0.497 e. The quantitative estimate of drug-likeness (QED) is 0.282. The van der Waals surface area contributed by atoms with Gasteiger partial charge in [0.15, 0.2) is 0 Å².